The molecule has 0 amide bonds. The van der Waals surface area contributed by atoms with Gasteiger partial charge in [0.1, 0.15) is 0 Å². The van der Waals surface area contributed by atoms with Crippen molar-refractivity contribution in [1.82, 2.24) is 4.90 Å². The minimum Gasteiger partial charge on any atom is -0.373 e. The van der Waals surface area contributed by atoms with Crippen LogP contribution in [0.1, 0.15) is 0 Å². The van der Waals surface area contributed by atoms with Crippen molar-refractivity contribution in [2.45, 2.75) is 0 Å². The second-order valence-electron chi connectivity index (χ2n) is 1.49. The maximum Gasteiger partial charge on any atom is 0.0626 e. The Labute approximate surface area is 49.4 Å². The molecule has 0 aliphatic carbocycles. The van der Waals surface area contributed by atoms with Gasteiger partial charge in [-0.05, 0) is 6.26 Å². The van der Waals surface area contributed by atoms with Gasteiger partial charge in [-0.2, -0.15) is 0 Å². The number of nitrogens with zero attached hydrogens (tertiary/aromatic N) is 1. The lowest BCUT2D eigenvalue weighted by Gasteiger charge is -2.11. The SMILES string of the molecule is C=C(SC)N(C)C. The van der Waals surface area contributed by atoms with Crippen LogP contribution in [0.3, 0.4) is 0 Å². The van der Waals surface area contributed by atoms with Gasteiger partial charge in [-0.25, -0.2) is 0 Å². The predicted molar refractivity (Wildman–Crippen MR) is 36.3 cm³/mol. The van der Waals surface area contributed by atoms with Crippen LogP contribution in [0.15, 0.2) is 11.6 Å². The van der Waals surface area contributed by atoms with E-state index in [-0.39, 0.29) is 0 Å². The molecule has 0 aliphatic heterocycles. The Hall–Kier alpha value is -0.110. The second kappa shape index (κ2) is 2.97. The lowest BCUT2D eigenvalue weighted by atomic mass is 10.8. The fraction of sp³-hybridized carbons (Fsp3) is 0.600. The molecule has 0 aromatic heterocycles. The molecule has 0 aromatic carbocycles. The third kappa shape index (κ3) is 2.57. The van der Waals surface area contributed by atoms with Gasteiger partial charge in [-0.15, -0.1) is 11.8 Å². The molecule has 0 aliphatic rings. The summed E-state index contributed by atoms with van der Waals surface area (Å²) in [5.41, 5.74) is 0. The molecular formula is C5H11NS. The van der Waals surface area contributed by atoms with Gasteiger partial charge in [0.25, 0.3) is 0 Å². The van der Waals surface area contributed by atoms with Gasteiger partial charge in [-0.1, -0.05) is 6.58 Å². The van der Waals surface area contributed by atoms with E-state index in [9.17, 15) is 0 Å². The van der Waals surface area contributed by atoms with Crippen molar-refractivity contribution >= 4 is 11.8 Å². The maximum atomic E-state index is 3.76. The number of hydrogen-bond acceptors (Lipinski definition) is 2. The van der Waals surface area contributed by atoms with E-state index in [2.05, 4.69) is 6.58 Å². The van der Waals surface area contributed by atoms with Crippen LogP contribution in [0.25, 0.3) is 0 Å². The molecule has 2 heteroatoms. The van der Waals surface area contributed by atoms with Crippen molar-refractivity contribution in [3.63, 3.8) is 0 Å². The van der Waals surface area contributed by atoms with E-state index in [4.69, 9.17) is 0 Å². The zero-order valence-electron chi connectivity index (χ0n) is 5.06. The molecule has 0 heterocycles. The summed E-state index contributed by atoms with van der Waals surface area (Å²) in [5.74, 6) is 0. The summed E-state index contributed by atoms with van der Waals surface area (Å²) in [5, 5.41) is 1.10. The molecule has 7 heavy (non-hydrogen) atoms. The highest BCUT2D eigenvalue weighted by Crippen LogP contribution is 2.08. The molecule has 0 bridgehead atoms. The van der Waals surface area contributed by atoms with E-state index in [0.717, 1.165) is 5.03 Å². The molecule has 0 aromatic rings. The van der Waals surface area contributed by atoms with E-state index in [1.807, 2.05) is 25.3 Å². The van der Waals surface area contributed by atoms with Gasteiger partial charge in [0.2, 0.25) is 0 Å². The summed E-state index contributed by atoms with van der Waals surface area (Å²) >= 11 is 1.66. The van der Waals surface area contributed by atoms with Crippen LogP contribution in [0.2, 0.25) is 0 Å². The molecule has 0 fully saturated rings. The fourth-order valence-electron chi connectivity index (χ4n) is 0.183. The van der Waals surface area contributed by atoms with Crippen molar-refractivity contribution in [3.05, 3.63) is 11.6 Å². The fourth-order valence-corrected chi connectivity index (χ4v) is 0.548. The van der Waals surface area contributed by atoms with Crippen LogP contribution >= 0.6 is 11.8 Å². The lowest BCUT2D eigenvalue weighted by Crippen LogP contribution is -2.05. The van der Waals surface area contributed by atoms with Crippen LogP contribution in [-0.4, -0.2) is 25.3 Å². The molecule has 0 saturated carbocycles. The topological polar surface area (TPSA) is 3.24 Å². The summed E-state index contributed by atoms with van der Waals surface area (Å²) in [6, 6.07) is 0. The van der Waals surface area contributed by atoms with Gasteiger partial charge in [0, 0.05) is 14.1 Å². The summed E-state index contributed by atoms with van der Waals surface area (Å²) in [7, 11) is 3.97. The normalized spacial score (nSPS) is 8.43. The molecule has 0 saturated heterocycles. The third-order valence-electron chi connectivity index (χ3n) is 0.734. The van der Waals surface area contributed by atoms with E-state index in [1.54, 1.807) is 11.8 Å². The van der Waals surface area contributed by atoms with Gasteiger partial charge in [0.15, 0.2) is 0 Å². The van der Waals surface area contributed by atoms with Crippen molar-refractivity contribution in [2.24, 2.45) is 0 Å². The molecule has 1 nitrogen and oxygen atoms in total. The Morgan fingerprint density at radius 3 is 2.00 bits per heavy atom. The zero-order chi connectivity index (χ0) is 5.86. The van der Waals surface area contributed by atoms with Crippen molar-refractivity contribution in [3.8, 4) is 0 Å². The van der Waals surface area contributed by atoms with Gasteiger partial charge >= 0.3 is 0 Å². The molecule has 0 unspecified atom stereocenters. The first-order valence-corrected chi connectivity index (χ1v) is 3.31. The van der Waals surface area contributed by atoms with Gasteiger partial charge in [-0.3, -0.25) is 0 Å². The predicted octanol–water partition coefficient (Wildman–Crippen LogP) is 1.38. The molecular weight excluding hydrogens is 106 g/mol. The maximum absolute atomic E-state index is 3.76. The van der Waals surface area contributed by atoms with Crippen molar-refractivity contribution in [1.29, 1.82) is 0 Å². The number of hydrogen-bond donors (Lipinski definition) is 0. The first kappa shape index (κ1) is 6.89. The Balaban J connectivity index is 3.35. The molecule has 0 atom stereocenters. The third-order valence-corrected chi connectivity index (χ3v) is 1.57. The minimum absolute atomic E-state index is 1.10. The quantitative estimate of drug-likeness (QED) is 0.537. The lowest BCUT2D eigenvalue weighted by molar-refractivity contribution is 0.552. The highest BCUT2D eigenvalue weighted by Gasteiger charge is 1.87. The van der Waals surface area contributed by atoms with E-state index < -0.39 is 0 Å². The van der Waals surface area contributed by atoms with Crippen LogP contribution < -0.4 is 0 Å². The summed E-state index contributed by atoms with van der Waals surface area (Å²) in [4.78, 5) is 1.99. The standard InChI is InChI=1S/C5H11NS/c1-5(7-4)6(2)3/h1H2,2-4H3. The number of thioether (sulfide) groups is 1. The monoisotopic (exact) mass is 117 g/mol. The summed E-state index contributed by atoms with van der Waals surface area (Å²) in [6.07, 6.45) is 2.02. The van der Waals surface area contributed by atoms with Crippen LogP contribution in [0, 0.1) is 0 Å². The Morgan fingerprint density at radius 2 is 2.00 bits per heavy atom. The Kier molecular flexibility index (Phi) is 2.92. The number of rotatable bonds is 2. The van der Waals surface area contributed by atoms with Crippen LogP contribution in [0.4, 0.5) is 0 Å². The molecule has 0 rings (SSSR count). The average molecular weight is 117 g/mol. The smallest absolute Gasteiger partial charge is 0.0626 e. The summed E-state index contributed by atoms with van der Waals surface area (Å²) in [6.45, 7) is 3.76. The van der Waals surface area contributed by atoms with E-state index in [1.165, 1.54) is 0 Å². The van der Waals surface area contributed by atoms with E-state index >= 15 is 0 Å². The molecule has 0 spiro atoms. The second-order valence-corrected chi connectivity index (χ2v) is 2.37. The van der Waals surface area contributed by atoms with Crippen molar-refractivity contribution in [2.75, 3.05) is 20.4 Å². The van der Waals surface area contributed by atoms with Gasteiger partial charge in [0.05, 0.1) is 5.03 Å². The first-order chi connectivity index (χ1) is 3.18. The highest BCUT2D eigenvalue weighted by atomic mass is 32.2. The molecule has 0 radical (unpaired) electrons. The minimum atomic E-state index is 1.10. The summed E-state index contributed by atoms with van der Waals surface area (Å²) < 4.78 is 0. The zero-order valence-corrected chi connectivity index (χ0v) is 5.88. The Morgan fingerprint density at radius 1 is 1.57 bits per heavy atom. The Bertz CT molecular complexity index is 68.5. The highest BCUT2D eigenvalue weighted by molar-refractivity contribution is 8.02. The van der Waals surface area contributed by atoms with E-state index in [0.29, 0.717) is 0 Å². The van der Waals surface area contributed by atoms with Gasteiger partial charge < -0.3 is 4.90 Å². The average Bonchev–Trinajstić information content (AvgIpc) is 1.65. The van der Waals surface area contributed by atoms with Crippen molar-refractivity contribution < 1.29 is 0 Å². The molecule has 0 N–H and O–H groups in total. The van der Waals surface area contributed by atoms with Crippen LogP contribution in [0.5, 0.6) is 0 Å². The largest absolute Gasteiger partial charge is 0.373 e. The first-order valence-electron chi connectivity index (χ1n) is 2.08. The molecule has 42 valence electrons. The van der Waals surface area contributed by atoms with Crippen LogP contribution in [-0.2, 0) is 0 Å².